The molecule has 1 fully saturated rings. The summed E-state index contributed by atoms with van der Waals surface area (Å²) in [4.78, 5) is 17.2. The molecule has 1 aromatic heterocycles. The molecule has 2 atom stereocenters. The van der Waals surface area contributed by atoms with Crippen LogP contribution in [0, 0.1) is 0 Å². The SMILES string of the molecule is O.O=C(O)CCC/C=C\[C@@H]1C[C@@H](NS(=O)(=O)c2ccc(Cl)cc2)CN1Cc1cccnc1. The van der Waals surface area contributed by atoms with Crippen LogP contribution in [0.2, 0.25) is 5.02 Å². The quantitative estimate of drug-likeness (QED) is 0.396. The standard InChI is InChI=1S/C22H26ClN3O4S.H2O/c23-18-8-10-21(11-9-18)31(29,30)25-19-13-20(6-2-1-3-7-22(27)28)26(16-19)15-17-5-4-12-24-14-17;/h2,4-6,8-12,14,19-20,25H,1,3,7,13,15-16H2,(H,27,28);1H2/b6-2-;/t19-,20-;/m1./s1. The van der Waals surface area contributed by atoms with Gasteiger partial charge in [-0.15, -0.1) is 0 Å². The molecule has 1 aliphatic rings. The average Bonchev–Trinajstić information content (AvgIpc) is 3.08. The molecular weight excluding hydrogens is 454 g/mol. The van der Waals surface area contributed by atoms with Gasteiger partial charge in [0.1, 0.15) is 0 Å². The van der Waals surface area contributed by atoms with Crippen molar-refractivity contribution in [1.29, 1.82) is 0 Å². The summed E-state index contributed by atoms with van der Waals surface area (Å²) in [5.74, 6) is -0.802. The lowest BCUT2D eigenvalue weighted by atomic mass is 10.1. The van der Waals surface area contributed by atoms with Gasteiger partial charge in [-0.2, -0.15) is 0 Å². The summed E-state index contributed by atoms with van der Waals surface area (Å²) in [5.41, 5.74) is 1.05. The monoisotopic (exact) mass is 481 g/mol. The molecule has 4 N–H and O–H groups in total. The Morgan fingerprint density at radius 3 is 2.69 bits per heavy atom. The molecule has 2 heterocycles. The first-order valence-corrected chi connectivity index (χ1v) is 12.0. The van der Waals surface area contributed by atoms with E-state index in [9.17, 15) is 13.2 Å². The molecule has 0 bridgehead atoms. The van der Waals surface area contributed by atoms with E-state index in [1.807, 2.05) is 18.2 Å². The molecular formula is C22H28ClN3O5S. The Bertz CT molecular complexity index is 1000. The van der Waals surface area contributed by atoms with Crippen LogP contribution in [0.5, 0.6) is 0 Å². The highest BCUT2D eigenvalue weighted by molar-refractivity contribution is 7.89. The molecule has 0 aliphatic carbocycles. The van der Waals surface area contributed by atoms with Gasteiger partial charge in [-0.25, -0.2) is 13.1 Å². The minimum atomic E-state index is -3.66. The number of nitrogens with zero attached hydrogens (tertiary/aromatic N) is 2. The highest BCUT2D eigenvalue weighted by Crippen LogP contribution is 2.24. The van der Waals surface area contributed by atoms with Crippen molar-refractivity contribution in [3.63, 3.8) is 0 Å². The minimum absolute atomic E-state index is 0. The van der Waals surface area contributed by atoms with E-state index in [-0.39, 0.29) is 28.9 Å². The molecule has 1 aromatic carbocycles. The largest absolute Gasteiger partial charge is 0.481 e. The van der Waals surface area contributed by atoms with E-state index in [0.29, 0.717) is 37.4 Å². The Balaban J connectivity index is 0.00000363. The number of halogens is 1. The Morgan fingerprint density at radius 2 is 2.03 bits per heavy atom. The number of likely N-dealkylation sites (tertiary alicyclic amines) is 1. The summed E-state index contributed by atoms with van der Waals surface area (Å²) in [7, 11) is -3.66. The molecule has 0 radical (unpaired) electrons. The Labute approximate surface area is 193 Å². The summed E-state index contributed by atoms with van der Waals surface area (Å²) < 4.78 is 28.4. The van der Waals surface area contributed by atoms with Crippen LogP contribution < -0.4 is 4.72 Å². The van der Waals surface area contributed by atoms with E-state index >= 15 is 0 Å². The van der Waals surface area contributed by atoms with E-state index in [0.717, 1.165) is 5.56 Å². The Kier molecular flexibility index (Phi) is 9.80. The number of pyridine rings is 1. The van der Waals surface area contributed by atoms with Crippen molar-refractivity contribution in [1.82, 2.24) is 14.6 Å². The Hall–Kier alpha value is -2.30. The number of hydrogen-bond acceptors (Lipinski definition) is 5. The van der Waals surface area contributed by atoms with Crippen LogP contribution in [0.25, 0.3) is 0 Å². The van der Waals surface area contributed by atoms with Gasteiger partial charge in [0.2, 0.25) is 10.0 Å². The molecule has 8 nitrogen and oxygen atoms in total. The van der Waals surface area contributed by atoms with Gasteiger partial charge in [-0.3, -0.25) is 14.7 Å². The highest BCUT2D eigenvalue weighted by Gasteiger charge is 2.33. The van der Waals surface area contributed by atoms with Gasteiger partial charge < -0.3 is 10.6 Å². The topological polar surface area (TPSA) is 131 Å². The smallest absolute Gasteiger partial charge is 0.303 e. The van der Waals surface area contributed by atoms with E-state index in [2.05, 4.69) is 20.7 Å². The van der Waals surface area contributed by atoms with E-state index in [1.54, 1.807) is 24.5 Å². The molecule has 1 aliphatic heterocycles. The van der Waals surface area contributed by atoms with Crippen molar-refractivity contribution in [3.05, 3.63) is 71.5 Å². The van der Waals surface area contributed by atoms with Gasteiger partial charge >= 0.3 is 5.97 Å². The number of aromatic nitrogens is 1. The molecule has 10 heteroatoms. The fourth-order valence-electron chi connectivity index (χ4n) is 3.65. The van der Waals surface area contributed by atoms with Gasteiger partial charge in [0, 0.05) is 49.0 Å². The lowest BCUT2D eigenvalue weighted by Crippen LogP contribution is -2.37. The second-order valence-electron chi connectivity index (χ2n) is 7.58. The van der Waals surface area contributed by atoms with Crippen molar-refractivity contribution in [2.75, 3.05) is 6.54 Å². The number of carbonyl (C=O) groups is 1. The minimum Gasteiger partial charge on any atom is -0.481 e. The van der Waals surface area contributed by atoms with Gasteiger partial charge in [0.25, 0.3) is 0 Å². The molecule has 32 heavy (non-hydrogen) atoms. The molecule has 2 aromatic rings. The number of aliphatic carboxylic acids is 1. The number of rotatable bonds is 10. The predicted molar refractivity (Wildman–Crippen MR) is 123 cm³/mol. The van der Waals surface area contributed by atoms with Crippen molar-refractivity contribution in [3.8, 4) is 0 Å². The third kappa shape index (κ3) is 7.68. The maximum Gasteiger partial charge on any atom is 0.303 e. The maximum atomic E-state index is 12.8. The van der Waals surface area contributed by atoms with Gasteiger partial charge in [0.15, 0.2) is 0 Å². The molecule has 0 spiro atoms. The van der Waals surface area contributed by atoms with Crippen LogP contribution in [0.15, 0.2) is 65.8 Å². The highest BCUT2D eigenvalue weighted by atomic mass is 35.5. The van der Waals surface area contributed by atoms with E-state index < -0.39 is 16.0 Å². The summed E-state index contributed by atoms with van der Waals surface area (Å²) in [6.45, 7) is 1.21. The predicted octanol–water partition coefficient (Wildman–Crippen LogP) is 2.64. The number of allylic oxidation sites excluding steroid dienone is 1. The molecule has 0 amide bonds. The van der Waals surface area contributed by atoms with Crippen LogP contribution >= 0.6 is 11.6 Å². The second-order valence-corrected chi connectivity index (χ2v) is 9.73. The molecule has 0 saturated carbocycles. The van der Waals surface area contributed by atoms with Crippen LogP contribution in [-0.4, -0.2) is 53.5 Å². The normalized spacial score (nSPS) is 19.2. The van der Waals surface area contributed by atoms with Crippen LogP contribution in [0.1, 0.15) is 31.2 Å². The summed E-state index contributed by atoms with van der Waals surface area (Å²) in [5, 5.41) is 9.25. The third-order valence-corrected chi connectivity index (χ3v) is 6.91. The van der Waals surface area contributed by atoms with E-state index in [4.69, 9.17) is 16.7 Å². The second kappa shape index (κ2) is 12.1. The van der Waals surface area contributed by atoms with Crippen molar-refractivity contribution in [2.45, 2.75) is 49.2 Å². The number of carboxylic acids is 1. The van der Waals surface area contributed by atoms with E-state index in [1.165, 1.54) is 12.1 Å². The summed E-state index contributed by atoms with van der Waals surface area (Å²) in [6, 6.07) is 9.77. The molecule has 174 valence electrons. The Morgan fingerprint density at radius 1 is 1.28 bits per heavy atom. The van der Waals surface area contributed by atoms with Crippen molar-refractivity contribution in [2.24, 2.45) is 0 Å². The number of unbranched alkanes of at least 4 members (excludes halogenated alkanes) is 1. The van der Waals surface area contributed by atoms with Crippen molar-refractivity contribution >= 4 is 27.6 Å². The lowest BCUT2D eigenvalue weighted by molar-refractivity contribution is -0.137. The maximum absolute atomic E-state index is 12.8. The fraction of sp³-hybridized carbons (Fsp3) is 0.364. The number of carboxylic acid groups (broad SMARTS) is 1. The summed E-state index contributed by atoms with van der Waals surface area (Å²) >= 11 is 5.87. The first-order valence-electron chi connectivity index (χ1n) is 10.1. The number of sulfonamides is 1. The zero-order valence-electron chi connectivity index (χ0n) is 17.5. The van der Waals surface area contributed by atoms with Crippen LogP contribution in [0.3, 0.4) is 0 Å². The molecule has 1 saturated heterocycles. The number of nitrogens with one attached hydrogen (secondary N) is 1. The lowest BCUT2D eigenvalue weighted by Gasteiger charge is -2.21. The number of benzene rings is 1. The van der Waals surface area contributed by atoms with Gasteiger partial charge in [-0.05, 0) is 55.2 Å². The van der Waals surface area contributed by atoms with Gasteiger partial charge in [0.05, 0.1) is 4.90 Å². The van der Waals surface area contributed by atoms with Crippen molar-refractivity contribution < 1.29 is 23.8 Å². The first-order chi connectivity index (χ1) is 14.8. The molecule has 3 rings (SSSR count). The molecule has 0 unspecified atom stereocenters. The first kappa shape index (κ1) is 26.0. The zero-order chi connectivity index (χ0) is 22.3. The zero-order valence-corrected chi connectivity index (χ0v) is 19.1. The van der Waals surface area contributed by atoms with Crippen LogP contribution in [-0.2, 0) is 21.4 Å². The average molecular weight is 482 g/mol. The third-order valence-electron chi connectivity index (χ3n) is 5.12. The summed E-state index contributed by atoms with van der Waals surface area (Å²) in [6.07, 6.45) is 9.57. The van der Waals surface area contributed by atoms with Crippen LogP contribution in [0.4, 0.5) is 0 Å². The fourth-order valence-corrected chi connectivity index (χ4v) is 5.02. The van der Waals surface area contributed by atoms with Gasteiger partial charge in [-0.1, -0.05) is 29.8 Å². The number of hydrogen-bond donors (Lipinski definition) is 2.